The summed E-state index contributed by atoms with van der Waals surface area (Å²) in [5, 5.41) is 3.16. The summed E-state index contributed by atoms with van der Waals surface area (Å²) in [6.07, 6.45) is 3.87. The molecular weight excluding hydrogens is 266 g/mol. The summed E-state index contributed by atoms with van der Waals surface area (Å²) in [4.78, 5) is 13.4. The lowest BCUT2D eigenvalue weighted by atomic mass is 10.1. The molecule has 0 aromatic heterocycles. The van der Waals surface area contributed by atoms with Gasteiger partial charge in [0.25, 0.3) is 5.91 Å². The van der Waals surface area contributed by atoms with Crippen LogP contribution in [0.3, 0.4) is 0 Å². The smallest absolute Gasteiger partial charge is 0.252 e. The molecule has 1 aliphatic rings. The van der Waals surface area contributed by atoms with E-state index in [0.717, 1.165) is 23.3 Å². The van der Waals surface area contributed by atoms with Crippen molar-refractivity contribution in [2.45, 2.75) is 23.8 Å². The number of benzene rings is 2. The van der Waals surface area contributed by atoms with Gasteiger partial charge in [-0.2, -0.15) is 0 Å². The van der Waals surface area contributed by atoms with Gasteiger partial charge >= 0.3 is 0 Å². The van der Waals surface area contributed by atoms with Gasteiger partial charge in [-0.05, 0) is 42.4 Å². The molecule has 0 saturated heterocycles. The first-order valence-electron chi connectivity index (χ1n) is 6.78. The third kappa shape index (κ3) is 2.59. The van der Waals surface area contributed by atoms with Crippen LogP contribution in [0.5, 0.6) is 0 Å². The molecule has 0 bridgehead atoms. The van der Waals surface area contributed by atoms with Crippen molar-refractivity contribution in [3.63, 3.8) is 0 Å². The van der Waals surface area contributed by atoms with Crippen molar-refractivity contribution >= 4 is 17.7 Å². The van der Waals surface area contributed by atoms with E-state index in [1.54, 1.807) is 11.8 Å². The van der Waals surface area contributed by atoms with Gasteiger partial charge in [0.05, 0.1) is 5.56 Å². The van der Waals surface area contributed by atoms with Gasteiger partial charge in [-0.15, -0.1) is 11.8 Å². The van der Waals surface area contributed by atoms with Crippen molar-refractivity contribution in [3.8, 4) is 0 Å². The highest BCUT2D eigenvalue weighted by Gasteiger charge is 2.23. The SMILES string of the molecule is CSc1ccccc1C(=O)NC1Cc2ccccc2C1. The second-order valence-corrected chi connectivity index (χ2v) is 5.90. The molecule has 2 aromatic rings. The van der Waals surface area contributed by atoms with Crippen LogP contribution in [0.2, 0.25) is 0 Å². The second kappa shape index (κ2) is 5.71. The van der Waals surface area contributed by atoms with E-state index in [1.807, 2.05) is 30.5 Å². The quantitative estimate of drug-likeness (QED) is 0.876. The summed E-state index contributed by atoms with van der Waals surface area (Å²) in [5.74, 6) is 0.0350. The van der Waals surface area contributed by atoms with Gasteiger partial charge in [0.2, 0.25) is 0 Å². The number of hydrogen-bond acceptors (Lipinski definition) is 2. The van der Waals surface area contributed by atoms with Crippen LogP contribution in [-0.2, 0) is 12.8 Å². The fourth-order valence-electron chi connectivity index (χ4n) is 2.76. The van der Waals surface area contributed by atoms with E-state index in [1.165, 1.54) is 11.1 Å². The minimum absolute atomic E-state index is 0.0350. The van der Waals surface area contributed by atoms with Crippen LogP contribution in [0.25, 0.3) is 0 Å². The van der Waals surface area contributed by atoms with E-state index in [4.69, 9.17) is 0 Å². The highest BCUT2D eigenvalue weighted by Crippen LogP contribution is 2.23. The average molecular weight is 283 g/mol. The number of hydrogen-bond donors (Lipinski definition) is 1. The van der Waals surface area contributed by atoms with Crippen molar-refractivity contribution < 1.29 is 4.79 Å². The molecule has 1 N–H and O–H groups in total. The van der Waals surface area contributed by atoms with Crippen LogP contribution < -0.4 is 5.32 Å². The molecule has 1 amide bonds. The standard InChI is InChI=1S/C17H17NOS/c1-20-16-9-5-4-8-15(16)17(19)18-14-10-12-6-2-3-7-13(12)11-14/h2-9,14H,10-11H2,1H3,(H,18,19). The van der Waals surface area contributed by atoms with Gasteiger partial charge in [-0.3, -0.25) is 4.79 Å². The second-order valence-electron chi connectivity index (χ2n) is 5.05. The predicted molar refractivity (Wildman–Crippen MR) is 83.3 cm³/mol. The van der Waals surface area contributed by atoms with Crippen LogP contribution in [0, 0.1) is 0 Å². The topological polar surface area (TPSA) is 29.1 Å². The van der Waals surface area contributed by atoms with Crippen LogP contribution in [0.1, 0.15) is 21.5 Å². The Morgan fingerprint density at radius 1 is 1.05 bits per heavy atom. The first-order valence-corrected chi connectivity index (χ1v) is 8.01. The van der Waals surface area contributed by atoms with E-state index in [-0.39, 0.29) is 11.9 Å². The normalized spacial score (nSPS) is 14.1. The zero-order chi connectivity index (χ0) is 13.9. The van der Waals surface area contributed by atoms with Gasteiger partial charge < -0.3 is 5.32 Å². The molecule has 2 aromatic carbocycles. The summed E-state index contributed by atoms with van der Waals surface area (Å²) < 4.78 is 0. The summed E-state index contributed by atoms with van der Waals surface area (Å²) in [6, 6.07) is 16.4. The molecule has 0 unspecified atom stereocenters. The Kier molecular flexibility index (Phi) is 3.79. The Balaban J connectivity index is 1.72. The number of carbonyl (C=O) groups excluding carboxylic acids is 1. The zero-order valence-electron chi connectivity index (χ0n) is 11.4. The lowest BCUT2D eigenvalue weighted by molar-refractivity contribution is 0.0935. The van der Waals surface area contributed by atoms with Crippen molar-refractivity contribution in [3.05, 3.63) is 65.2 Å². The number of fused-ring (bicyclic) bond motifs is 1. The van der Waals surface area contributed by atoms with Crippen LogP contribution in [0.15, 0.2) is 53.4 Å². The number of rotatable bonds is 3. The van der Waals surface area contributed by atoms with Crippen LogP contribution in [-0.4, -0.2) is 18.2 Å². The highest BCUT2D eigenvalue weighted by molar-refractivity contribution is 7.98. The minimum atomic E-state index is 0.0350. The maximum absolute atomic E-state index is 12.4. The van der Waals surface area contributed by atoms with Crippen molar-refractivity contribution in [2.75, 3.05) is 6.26 Å². The van der Waals surface area contributed by atoms with E-state index in [0.29, 0.717) is 0 Å². The monoisotopic (exact) mass is 283 g/mol. The number of amides is 1. The third-order valence-corrected chi connectivity index (χ3v) is 4.53. The molecule has 0 aliphatic heterocycles. The van der Waals surface area contributed by atoms with Crippen LogP contribution in [0.4, 0.5) is 0 Å². The molecule has 3 heteroatoms. The molecule has 0 fully saturated rings. The highest BCUT2D eigenvalue weighted by atomic mass is 32.2. The van der Waals surface area contributed by atoms with Gasteiger partial charge in [0, 0.05) is 10.9 Å². The first kappa shape index (κ1) is 13.3. The number of thioether (sulfide) groups is 1. The van der Waals surface area contributed by atoms with Crippen molar-refractivity contribution in [2.24, 2.45) is 0 Å². The molecule has 102 valence electrons. The Hall–Kier alpha value is -1.74. The average Bonchev–Trinajstić information content (AvgIpc) is 2.89. The van der Waals surface area contributed by atoms with Gasteiger partial charge in [0.15, 0.2) is 0 Å². The Bertz CT molecular complexity index is 613. The molecular formula is C17H17NOS. The van der Waals surface area contributed by atoms with E-state index in [2.05, 4.69) is 29.6 Å². The fraction of sp³-hybridized carbons (Fsp3) is 0.235. The molecule has 0 radical (unpaired) electrons. The summed E-state index contributed by atoms with van der Waals surface area (Å²) in [6.45, 7) is 0. The summed E-state index contributed by atoms with van der Waals surface area (Å²) in [7, 11) is 0. The first-order chi connectivity index (χ1) is 9.78. The molecule has 1 aliphatic carbocycles. The Labute approximate surface area is 123 Å². The number of nitrogens with one attached hydrogen (secondary N) is 1. The molecule has 3 rings (SSSR count). The third-order valence-electron chi connectivity index (χ3n) is 3.74. The molecule has 0 heterocycles. The van der Waals surface area contributed by atoms with Gasteiger partial charge in [-0.1, -0.05) is 36.4 Å². The fourth-order valence-corrected chi connectivity index (χ4v) is 3.35. The zero-order valence-corrected chi connectivity index (χ0v) is 12.2. The van der Waals surface area contributed by atoms with E-state index < -0.39 is 0 Å². The number of carbonyl (C=O) groups is 1. The molecule has 0 saturated carbocycles. The lowest BCUT2D eigenvalue weighted by Gasteiger charge is -2.13. The van der Waals surface area contributed by atoms with Crippen molar-refractivity contribution in [1.82, 2.24) is 5.32 Å². The largest absolute Gasteiger partial charge is 0.349 e. The molecule has 0 atom stereocenters. The van der Waals surface area contributed by atoms with E-state index in [9.17, 15) is 4.79 Å². The lowest BCUT2D eigenvalue weighted by Crippen LogP contribution is -2.35. The molecule has 0 spiro atoms. The summed E-state index contributed by atoms with van der Waals surface area (Å²) in [5.41, 5.74) is 3.49. The van der Waals surface area contributed by atoms with Gasteiger partial charge in [0.1, 0.15) is 0 Å². The Morgan fingerprint density at radius 3 is 2.30 bits per heavy atom. The van der Waals surface area contributed by atoms with Crippen LogP contribution >= 0.6 is 11.8 Å². The summed E-state index contributed by atoms with van der Waals surface area (Å²) >= 11 is 1.61. The maximum Gasteiger partial charge on any atom is 0.252 e. The molecule has 20 heavy (non-hydrogen) atoms. The van der Waals surface area contributed by atoms with Crippen molar-refractivity contribution in [1.29, 1.82) is 0 Å². The maximum atomic E-state index is 12.4. The predicted octanol–water partition coefficient (Wildman–Crippen LogP) is 3.31. The Morgan fingerprint density at radius 2 is 1.65 bits per heavy atom. The van der Waals surface area contributed by atoms with Gasteiger partial charge in [-0.25, -0.2) is 0 Å². The minimum Gasteiger partial charge on any atom is -0.349 e. The van der Waals surface area contributed by atoms with E-state index >= 15 is 0 Å². The molecule has 2 nitrogen and oxygen atoms in total.